The fourth-order valence-electron chi connectivity index (χ4n) is 6.99. The van der Waals surface area contributed by atoms with E-state index in [4.69, 9.17) is 9.84 Å². The van der Waals surface area contributed by atoms with E-state index in [1.54, 1.807) is 86.6 Å². The number of nitrogens with one attached hydrogen (secondary N) is 3. The SMILES string of the molecule is CCOC(=O)CBr.CCOC(=O)Cn1nnc(-c2ccccc2Nc2cccc(C(F)(F)F)c2)n1.FC(F)(F)c1cccc(Nc2ccccc2C2=NCN=N2)c1.O=C(O)Cn1nnc(-c2ccccc2Nc2cccc(C(F)(F)F)c2)n1. The number of carboxylic acid groups (broad SMARTS) is 1. The zero-order valence-electron chi connectivity index (χ0n) is 43.3. The Bertz CT molecular complexity index is 3540. The maximum atomic E-state index is 12.9. The van der Waals surface area contributed by atoms with Crippen LogP contribution in [-0.2, 0) is 55.5 Å². The van der Waals surface area contributed by atoms with Crippen molar-refractivity contribution in [1.82, 2.24) is 40.4 Å². The molecule has 0 bridgehead atoms. The van der Waals surface area contributed by atoms with Gasteiger partial charge in [0.15, 0.2) is 25.6 Å². The normalized spacial score (nSPS) is 11.8. The molecule has 30 heteroatoms. The van der Waals surface area contributed by atoms with Crippen molar-refractivity contribution in [3.8, 4) is 22.8 Å². The second-order valence-corrected chi connectivity index (χ2v) is 17.1. The van der Waals surface area contributed by atoms with Crippen molar-refractivity contribution in [2.75, 3.05) is 41.2 Å². The zero-order valence-corrected chi connectivity index (χ0v) is 44.9. The predicted octanol–water partition coefficient (Wildman–Crippen LogP) is 12.4. The summed E-state index contributed by atoms with van der Waals surface area (Å²) in [4.78, 5) is 38.5. The molecule has 1 aliphatic heterocycles. The van der Waals surface area contributed by atoms with Gasteiger partial charge < -0.3 is 30.5 Å². The number of ether oxygens (including phenoxy) is 2. The zero-order chi connectivity index (χ0) is 60.2. The number of azo groups is 1. The molecule has 9 rings (SSSR count). The smallest absolute Gasteiger partial charge is 0.416 e. The molecule has 0 fully saturated rings. The second kappa shape index (κ2) is 29.2. The van der Waals surface area contributed by atoms with Gasteiger partial charge in [-0.3, -0.25) is 9.59 Å². The molecule has 0 saturated heterocycles. The first kappa shape index (κ1) is 62.6. The van der Waals surface area contributed by atoms with E-state index < -0.39 is 53.7 Å². The highest BCUT2D eigenvalue weighted by molar-refractivity contribution is 9.09. The van der Waals surface area contributed by atoms with Crippen LogP contribution in [0.3, 0.4) is 0 Å². The number of alkyl halides is 10. The third-order valence-electron chi connectivity index (χ3n) is 10.5. The molecular weight excluding hydrogens is 1180 g/mol. The first-order valence-corrected chi connectivity index (χ1v) is 25.3. The molecule has 6 aromatic carbocycles. The minimum atomic E-state index is -4.45. The molecule has 0 amide bonds. The van der Waals surface area contributed by atoms with Crippen LogP contribution in [0.5, 0.6) is 0 Å². The van der Waals surface area contributed by atoms with Crippen molar-refractivity contribution < 1.29 is 68.5 Å². The Morgan fingerprint density at radius 2 is 0.928 bits per heavy atom. The number of aliphatic carboxylic acids is 1. The first-order chi connectivity index (χ1) is 39.5. The maximum Gasteiger partial charge on any atom is 0.416 e. The lowest BCUT2D eigenvalue weighted by molar-refractivity contribution is -0.144. The van der Waals surface area contributed by atoms with Crippen LogP contribution < -0.4 is 16.0 Å². The van der Waals surface area contributed by atoms with Gasteiger partial charge in [0.25, 0.3) is 0 Å². The van der Waals surface area contributed by atoms with Gasteiger partial charge in [-0.1, -0.05) is 70.5 Å². The predicted molar refractivity (Wildman–Crippen MR) is 288 cm³/mol. The number of hydrogen-bond acceptors (Lipinski definition) is 17. The van der Waals surface area contributed by atoms with E-state index in [1.807, 2.05) is 6.07 Å². The van der Waals surface area contributed by atoms with Crippen LogP contribution in [0.25, 0.3) is 22.8 Å². The summed E-state index contributed by atoms with van der Waals surface area (Å²) >= 11 is 2.94. The number of hydrogen-bond donors (Lipinski definition) is 4. The first-order valence-electron chi connectivity index (χ1n) is 24.2. The van der Waals surface area contributed by atoms with Crippen LogP contribution in [0.1, 0.15) is 36.1 Å². The number of aromatic nitrogens is 8. The van der Waals surface area contributed by atoms with Gasteiger partial charge in [0.1, 0.15) is 5.33 Å². The molecule has 0 unspecified atom stereocenters. The molecule has 0 radical (unpaired) electrons. The van der Waals surface area contributed by atoms with Crippen molar-refractivity contribution in [3.05, 3.63) is 168 Å². The Kier molecular flexibility index (Phi) is 22.0. The highest BCUT2D eigenvalue weighted by Gasteiger charge is 2.32. The summed E-state index contributed by atoms with van der Waals surface area (Å²) in [6, 6.07) is 35.3. The monoisotopic (exact) mass is 1220 g/mol. The number of carbonyl (C=O) groups excluding carboxylic acids is 2. The number of tetrazole rings is 2. The van der Waals surface area contributed by atoms with Gasteiger partial charge in [-0.15, -0.1) is 25.5 Å². The fourth-order valence-corrected chi connectivity index (χ4v) is 7.16. The molecule has 0 aliphatic carbocycles. The number of rotatable bonds is 16. The third-order valence-corrected chi connectivity index (χ3v) is 11.0. The standard InChI is InChI=1S/C18H16F3N5O2.C16H12F3N5O2.C15H11F3N4.C4H7BrO2/c1-2-28-16(27)11-26-24-17(23-25-26)14-8-3-4-9-15(14)22-13-7-5-6-12(10-13)18(19,20)21;17-16(18,19)10-4-3-5-11(8-10)20-13-7-2-1-6-12(13)15-21-23-24(22-15)9-14(25)26;16-15(17,18)10-4-3-5-11(8-10)21-13-7-2-1-6-12(13)14-19-9-20-22-14;1-2-7-4(6)3-5/h3-10,22H,2,11H2,1H3;1-8,20H,9H2,(H,25,26);1-8,21H,9H2;2-3H2,1H3. The molecular formula is C53H46BrF9N14O6. The van der Waals surface area contributed by atoms with E-state index in [-0.39, 0.29) is 48.8 Å². The summed E-state index contributed by atoms with van der Waals surface area (Å²) in [5.41, 5.74) is 1.90. The Hall–Kier alpha value is -9.61. The van der Waals surface area contributed by atoms with Crippen molar-refractivity contribution in [2.24, 2.45) is 15.2 Å². The summed E-state index contributed by atoms with van der Waals surface area (Å²) < 4.78 is 125. The van der Waals surface area contributed by atoms with E-state index in [0.717, 1.165) is 46.0 Å². The Morgan fingerprint density at radius 1 is 0.542 bits per heavy atom. The lowest BCUT2D eigenvalue weighted by Crippen LogP contribution is -2.15. The van der Waals surface area contributed by atoms with Crippen LogP contribution >= 0.6 is 15.9 Å². The minimum absolute atomic E-state index is 0.154. The summed E-state index contributed by atoms with van der Waals surface area (Å²) in [5, 5.41) is 48.8. The lowest BCUT2D eigenvalue weighted by Gasteiger charge is -2.13. The average molecular weight is 1230 g/mol. The van der Waals surface area contributed by atoms with E-state index in [2.05, 4.69) is 82.7 Å². The van der Waals surface area contributed by atoms with Crippen molar-refractivity contribution in [1.29, 1.82) is 0 Å². The highest BCUT2D eigenvalue weighted by atomic mass is 79.9. The highest BCUT2D eigenvalue weighted by Crippen LogP contribution is 2.36. The number of anilines is 6. The summed E-state index contributed by atoms with van der Waals surface area (Å²) in [6.45, 7) is 3.80. The number of carbonyl (C=O) groups is 3. The van der Waals surface area contributed by atoms with Gasteiger partial charge in [-0.25, -0.2) is 9.79 Å². The van der Waals surface area contributed by atoms with Crippen molar-refractivity contribution in [3.63, 3.8) is 0 Å². The quantitative estimate of drug-likeness (QED) is 0.0399. The molecule has 0 spiro atoms. The summed E-state index contributed by atoms with van der Waals surface area (Å²) in [7, 11) is 0. The minimum Gasteiger partial charge on any atom is -0.480 e. The largest absolute Gasteiger partial charge is 0.480 e. The Balaban J connectivity index is 0.000000190. The third kappa shape index (κ3) is 19.3. The summed E-state index contributed by atoms with van der Waals surface area (Å²) in [6.07, 6.45) is -13.3. The van der Waals surface area contributed by atoms with Gasteiger partial charge in [0.05, 0.1) is 29.9 Å². The lowest BCUT2D eigenvalue weighted by atomic mass is 10.1. The molecule has 0 saturated carbocycles. The van der Waals surface area contributed by atoms with Crippen LogP contribution in [0.15, 0.2) is 161 Å². The number of para-hydroxylation sites is 3. The summed E-state index contributed by atoms with van der Waals surface area (Å²) in [5.74, 6) is -0.982. The van der Waals surface area contributed by atoms with E-state index >= 15 is 0 Å². The topological polar surface area (TPSA) is 250 Å². The number of nitrogens with zero attached hydrogens (tertiary/aromatic N) is 11. The van der Waals surface area contributed by atoms with Crippen molar-refractivity contribution in [2.45, 2.75) is 45.5 Å². The molecule has 83 heavy (non-hydrogen) atoms. The van der Waals surface area contributed by atoms with Gasteiger partial charge in [-0.2, -0.15) is 54.2 Å². The molecule has 2 aromatic heterocycles. The van der Waals surface area contributed by atoms with E-state index in [9.17, 15) is 53.9 Å². The van der Waals surface area contributed by atoms with Crippen LogP contribution in [0.2, 0.25) is 0 Å². The molecule has 20 nitrogen and oxygen atoms in total. The molecule has 4 N–H and O–H groups in total. The molecule has 434 valence electrons. The van der Waals surface area contributed by atoms with Crippen LogP contribution in [-0.4, -0.2) is 94.5 Å². The van der Waals surface area contributed by atoms with Crippen LogP contribution in [0, 0.1) is 0 Å². The number of esters is 2. The Labute approximate surface area is 473 Å². The molecule has 0 atom stereocenters. The van der Waals surface area contributed by atoms with E-state index in [1.165, 1.54) is 30.3 Å². The van der Waals surface area contributed by atoms with Gasteiger partial charge in [0.2, 0.25) is 11.6 Å². The van der Waals surface area contributed by atoms with Gasteiger partial charge in [-0.05, 0) is 115 Å². The molecule has 3 heterocycles. The molecule has 8 aromatic rings. The fraction of sp³-hybridized carbons (Fsp3) is 0.208. The van der Waals surface area contributed by atoms with Gasteiger partial charge >= 0.3 is 36.4 Å². The van der Waals surface area contributed by atoms with Crippen molar-refractivity contribution >= 4 is 73.8 Å². The second-order valence-electron chi connectivity index (χ2n) is 16.5. The molecule has 1 aliphatic rings. The Morgan fingerprint density at radius 3 is 1.29 bits per heavy atom. The number of benzene rings is 6. The van der Waals surface area contributed by atoms with Gasteiger partial charge in [0, 0.05) is 50.8 Å². The average Bonchev–Trinajstić information content (AvgIpc) is 4.47. The number of halogens is 10. The number of amidine groups is 1. The van der Waals surface area contributed by atoms with E-state index in [0.29, 0.717) is 57.2 Å². The maximum absolute atomic E-state index is 12.9. The number of carboxylic acids is 1. The number of aliphatic imine (C=N–C) groups is 1. The van der Waals surface area contributed by atoms with Crippen LogP contribution in [0.4, 0.5) is 73.6 Å².